The van der Waals surface area contributed by atoms with Crippen molar-refractivity contribution >= 4 is 0 Å². The van der Waals surface area contributed by atoms with Gasteiger partial charge in [-0.2, -0.15) is 0 Å². The summed E-state index contributed by atoms with van der Waals surface area (Å²) in [5, 5.41) is 0. The van der Waals surface area contributed by atoms with Gasteiger partial charge < -0.3 is 33.2 Å². The molecule has 1 radical (unpaired) electrons. The summed E-state index contributed by atoms with van der Waals surface area (Å²) in [5.41, 5.74) is 0. The summed E-state index contributed by atoms with van der Waals surface area (Å²) in [7, 11) is 0. The summed E-state index contributed by atoms with van der Waals surface area (Å²) in [6.07, 6.45) is 1.40. The molecule has 0 aliphatic heterocycles. The second-order valence-corrected chi connectivity index (χ2v) is 4.21. The third-order valence-electron chi connectivity index (χ3n) is 2.47. The molecule has 0 heterocycles. The van der Waals surface area contributed by atoms with Crippen LogP contribution in [0.1, 0.15) is 0 Å². The number of hydrogen-bond donors (Lipinski definition) is 0. The van der Waals surface area contributed by atoms with Crippen LogP contribution in [0.3, 0.4) is 0 Å². The van der Waals surface area contributed by atoms with Crippen molar-refractivity contribution in [3.05, 3.63) is 19.8 Å². The lowest BCUT2D eigenvalue weighted by molar-refractivity contribution is -0.0175. The summed E-state index contributed by atoms with van der Waals surface area (Å²) >= 11 is 0. The van der Waals surface area contributed by atoms with Gasteiger partial charge in [0, 0.05) is 6.61 Å². The molecule has 0 rings (SSSR count). The van der Waals surface area contributed by atoms with Gasteiger partial charge in [-0.3, -0.25) is 0 Å². The SMILES string of the molecule is [CH2]COCCOCCOCCOCCOCCOCCOC=C. The summed E-state index contributed by atoms with van der Waals surface area (Å²) in [6.45, 7) is 14.0. The van der Waals surface area contributed by atoms with E-state index in [1.807, 2.05) is 0 Å². The van der Waals surface area contributed by atoms with Gasteiger partial charge in [0.25, 0.3) is 0 Å². The Balaban J connectivity index is 2.93. The molecule has 0 saturated carbocycles. The van der Waals surface area contributed by atoms with Gasteiger partial charge in [0.15, 0.2) is 0 Å². The first kappa shape index (κ1) is 22.3. The molecule has 0 bridgehead atoms. The number of rotatable bonds is 20. The summed E-state index contributed by atoms with van der Waals surface area (Å²) in [4.78, 5) is 0. The van der Waals surface area contributed by atoms with Crippen molar-refractivity contribution in [1.29, 1.82) is 0 Å². The smallest absolute Gasteiger partial charge is 0.111 e. The van der Waals surface area contributed by atoms with Crippen molar-refractivity contribution in [3.8, 4) is 0 Å². The van der Waals surface area contributed by atoms with Crippen molar-refractivity contribution in [2.24, 2.45) is 0 Å². The van der Waals surface area contributed by atoms with Gasteiger partial charge in [0.2, 0.25) is 0 Å². The normalized spacial score (nSPS) is 10.8. The molecule has 23 heavy (non-hydrogen) atoms. The monoisotopic (exact) mass is 335 g/mol. The van der Waals surface area contributed by atoms with E-state index in [4.69, 9.17) is 33.2 Å². The lowest BCUT2D eigenvalue weighted by Crippen LogP contribution is -2.14. The Morgan fingerprint density at radius 1 is 0.478 bits per heavy atom. The molecule has 7 nitrogen and oxygen atoms in total. The molecular formula is C16H31O7. The van der Waals surface area contributed by atoms with Gasteiger partial charge in [0.05, 0.1) is 78.9 Å². The zero-order chi connectivity index (χ0) is 16.8. The Labute approximate surface area is 139 Å². The molecule has 0 N–H and O–H groups in total. The van der Waals surface area contributed by atoms with Crippen molar-refractivity contribution in [1.82, 2.24) is 0 Å². The average molecular weight is 335 g/mol. The van der Waals surface area contributed by atoms with Crippen LogP contribution in [0.2, 0.25) is 0 Å². The van der Waals surface area contributed by atoms with E-state index in [2.05, 4.69) is 13.5 Å². The van der Waals surface area contributed by atoms with Crippen molar-refractivity contribution in [3.63, 3.8) is 0 Å². The van der Waals surface area contributed by atoms with Crippen molar-refractivity contribution in [2.45, 2.75) is 0 Å². The molecule has 0 aromatic rings. The summed E-state index contributed by atoms with van der Waals surface area (Å²) < 4.78 is 36.6. The van der Waals surface area contributed by atoms with Gasteiger partial charge >= 0.3 is 0 Å². The van der Waals surface area contributed by atoms with Crippen LogP contribution in [0.4, 0.5) is 0 Å². The molecule has 0 atom stereocenters. The molecule has 137 valence electrons. The highest BCUT2D eigenvalue weighted by Crippen LogP contribution is 1.84. The van der Waals surface area contributed by atoms with E-state index in [9.17, 15) is 0 Å². The number of hydrogen-bond acceptors (Lipinski definition) is 7. The Bertz CT molecular complexity index is 226. The molecule has 0 aliphatic carbocycles. The highest BCUT2D eigenvalue weighted by molar-refractivity contribution is 4.47. The van der Waals surface area contributed by atoms with Gasteiger partial charge in [0.1, 0.15) is 6.61 Å². The highest BCUT2D eigenvalue weighted by atomic mass is 16.6. The maximum Gasteiger partial charge on any atom is 0.111 e. The minimum absolute atomic E-state index is 0.471. The van der Waals surface area contributed by atoms with Crippen LogP contribution in [0, 0.1) is 6.92 Å². The lowest BCUT2D eigenvalue weighted by Gasteiger charge is -2.08. The molecule has 0 saturated heterocycles. The Kier molecular flexibility index (Phi) is 20.7. The van der Waals surface area contributed by atoms with E-state index in [-0.39, 0.29) is 0 Å². The molecule has 0 unspecified atom stereocenters. The lowest BCUT2D eigenvalue weighted by atomic mass is 10.7. The van der Waals surface area contributed by atoms with Gasteiger partial charge in [-0.25, -0.2) is 0 Å². The van der Waals surface area contributed by atoms with E-state index in [0.29, 0.717) is 85.9 Å². The third-order valence-corrected chi connectivity index (χ3v) is 2.47. The zero-order valence-electron chi connectivity index (χ0n) is 14.0. The Morgan fingerprint density at radius 2 is 0.783 bits per heavy atom. The van der Waals surface area contributed by atoms with Gasteiger partial charge in [-0.05, 0) is 6.92 Å². The summed E-state index contributed by atoms with van der Waals surface area (Å²) in [6, 6.07) is 0. The predicted molar refractivity (Wildman–Crippen MR) is 86.4 cm³/mol. The molecular weight excluding hydrogens is 304 g/mol. The van der Waals surface area contributed by atoms with E-state index in [1.54, 1.807) is 0 Å². The molecule has 0 fully saturated rings. The fourth-order valence-electron chi connectivity index (χ4n) is 1.39. The third kappa shape index (κ3) is 21.3. The maximum atomic E-state index is 5.36. The Hall–Kier alpha value is -0.700. The van der Waals surface area contributed by atoms with Gasteiger partial charge in [-0.1, -0.05) is 6.58 Å². The molecule has 0 aliphatic rings. The van der Waals surface area contributed by atoms with Crippen LogP contribution in [0.15, 0.2) is 12.8 Å². The molecule has 0 aromatic carbocycles. The van der Waals surface area contributed by atoms with Crippen LogP contribution in [-0.2, 0) is 33.2 Å². The zero-order valence-corrected chi connectivity index (χ0v) is 14.0. The standard InChI is InChI=1S/C16H31O7/c1-3-17-5-7-19-9-11-21-13-15-23-16-14-22-12-10-20-8-6-18-4-2/h3H,1-2,4-16H2. The van der Waals surface area contributed by atoms with E-state index < -0.39 is 0 Å². The quantitative estimate of drug-likeness (QED) is 0.244. The first-order valence-corrected chi connectivity index (χ1v) is 7.90. The fourth-order valence-corrected chi connectivity index (χ4v) is 1.39. The van der Waals surface area contributed by atoms with Crippen molar-refractivity contribution < 1.29 is 33.2 Å². The Morgan fingerprint density at radius 3 is 1.09 bits per heavy atom. The van der Waals surface area contributed by atoms with Crippen LogP contribution < -0.4 is 0 Å². The van der Waals surface area contributed by atoms with Crippen molar-refractivity contribution in [2.75, 3.05) is 85.9 Å². The minimum Gasteiger partial charge on any atom is -0.499 e. The second kappa shape index (κ2) is 21.3. The summed E-state index contributed by atoms with van der Waals surface area (Å²) in [5.74, 6) is 0. The number of ether oxygens (including phenoxy) is 7. The first-order chi connectivity index (χ1) is 11.4. The van der Waals surface area contributed by atoms with Crippen LogP contribution in [0.25, 0.3) is 0 Å². The largest absolute Gasteiger partial charge is 0.499 e. The molecule has 0 amide bonds. The first-order valence-electron chi connectivity index (χ1n) is 7.90. The van der Waals surface area contributed by atoms with Crippen LogP contribution >= 0.6 is 0 Å². The average Bonchev–Trinajstić information content (AvgIpc) is 2.57. The molecule has 0 aromatic heterocycles. The highest BCUT2D eigenvalue weighted by Gasteiger charge is 1.93. The molecule has 0 spiro atoms. The fraction of sp³-hybridized carbons (Fsp3) is 0.812. The maximum absolute atomic E-state index is 5.36. The van der Waals surface area contributed by atoms with E-state index in [0.717, 1.165) is 0 Å². The van der Waals surface area contributed by atoms with Crippen LogP contribution in [0.5, 0.6) is 0 Å². The van der Waals surface area contributed by atoms with E-state index >= 15 is 0 Å². The minimum atomic E-state index is 0.471. The van der Waals surface area contributed by atoms with E-state index in [1.165, 1.54) is 6.26 Å². The van der Waals surface area contributed by atoms with Crippen LogP contribution in [-0.4, -0.2) is 85.9 Å². The van der Waals surface area contributed by atoms with Gasteiger partial charge in [-0.15, -0.1) is 0 Å². The topological polar surface area (TPSA) is 64.6 Å². The molecule has 7 heteroatoms. The predicted octanol–water partition coefficient (Wildman–Crippen LogP) is 1.08. The second-order valence-electron chi connectivity index (χ2n) is 4.21.